The molecule has 2 rings (SSSR count). The largest absolute Gasteiger partial charge is 0.394 e. The third kappa shape index (κ3) is 3.06. The Morgan fingerprint density at radius 3 is 2.89 bits per heavy atom. The predicted molar refractivity (Wildman–Crippen MR) is 67.0 cm³/mol. The molecular formula is C11H13ClFNO4S. The summed E-state index contributed by atoms with van der Waals surface area (Å²) in [5, 5.41) is 9.13. The van der Waals surface area contributed by atoms with E-state index in [0.29, 0.717) is 0 Å². The van der Waals surface area contributed by atoms with E-state index in [4.69, 9.17) is 21.4 Å². The van der Waals surface area contributed by atoms with Crippen molar-refractivity contribution in [1.82, 2.24) is 4.31 Å². The Balaban J connectivity index is 2.31. The molecular weight excluding hydrogens is 297 g/mol. The van der Waals surface area contributed by atoms with Gasteiger partial charge in [0.25, 0.3) is 0 Å². The van der Waals surface area contributed by atoms with Gasteiger partial charge in [-0.15, -0.1) is 0 Å². The average Bonchev–Trinajstić information content (AvgIpc) is 2.38. The molecule has 1 aromatic rings. The summed E-state index contributed by atoms with van der Waals surface area (Å²) in [7, 11) is -3.94. The average molecular weight is 310 g/mol. The van der Waals surface area contributed by atoms with E-state index in [9.17, 15) is 12.8 Å². The summed E-state index contributed by atoms with van der Waals surface area (Å²) in [6.07, 6.45) is -0.584. The molecule has 1 heterocycles. The molecule has 0 spiro atoms. The number of benzene rings is 1. The van der Waals surface area contributed by atoms with Crippen LogP contribution in [0.3, 0.4) is 0 Å². The number of nitrogens with zero attached hydrogens (tertiary/aromatic N) is 1. The highest BCUT2D eigenvalue weighted by Gasteiger charge is 2.32. The molecule has 0 amide bonds. The third-order valence-corrected chi connectivity index (χ3v) is 4.95. The van der Waals surface area contributed by atoms with Crippen LogP contribution in [-0.2, 0) is 14.8 Å². The zero-order valence-electron chi connectivity index (χ0n) is 9.92. The first-order chi connectivity index (χ1) is 8.95. The van der Waals surface area contributed by atoms with E-state index < -0.39 is 26.8 Å². The minimum atomic E-state index is -3.94. The molecule has 1 aromatic carbocycles. The first-order valence-corrected chi connectivity index (χ1v) is 7.44. The Labute approximate surface area is 115 Å². The fourth-order valence-electron chi connectivity index (χ4n) is 1.84. The summed E-state index contributed by atoms with van der Waals surface area (Å²) < 4.78 is 44.5. The summed E-state index contributed by atoms with van der Waals surface area (Å²) >= 11 is 5.60. The van der Waals surface area contributed by atoms with Crippen LogP contribution in [0.2, 0.25) is 5.02 Å². The zero-order chi connectivity index (χ0) is 14.0. The number of sulfonamides is 1. The molecule has 1 aliphatic rings. The van der Waals surface area contributed by atoms with Gasteiger partial charge in [0.2, 0.25) is 10.0 Å². The summed E-state index contributed by atoms with van der Waals surface area (Å²) in [6, 6.07) is 3.41. The number of hydrogen-bond donors (Lipinski definition) is 1. The molecule has 1 saturated heterocycles. The highest BCUT2D eigenvalue weighted by Crippen LogP contribution is 2.23. The number of hydrogen-bond acceptors (Lipinski definition) is 4. The van der Waals surface area contributed by atoms with E-state index >= 15 is 0 Å². The Morgan fingerprint density at radius 2 is 2.26 bits per heavy atom. The second-order valence-corrected chi connectivity index (χ2v) is 6.46. The molecule has 1 fully saturated rings. The lowest BCUT2D eigenvalue weighted by molar-refractivity contribution is -0.0305. The SMILES string of the molecule is O=S(=O)(c1ccc(Cl)cc1F)N1CCOC(CO)C1. The molecule has 0 aromatic heterocycles. The van der Waals surface area contributed by atoms with Gasteiger partial charge in [0.15, 0.2) is 0 Å². The molecule has 0 bridgehead atoms. The molecule has 0 radical (unpaired) electrons. The van der Waals surface area contributed by atoms with Crippen LogP contribution in [-0.4, -0.2) is 50.2 Å². The molecule has 1 atom stereocenters. The van der Waals surface area contributed by atoms with Crippen LogP contribution in [0.5, 0.6) is 0 Å². The molecule has 5 nitrogen and oxygen atoms in total. The topological polar surface area (TPSA) is 66.8 Å². The lowest BCUT2D eigenvalue weighted by Crippen LogP contribution is -2.46. The second kappa shape index (κ2) is 5.72. The molecule has 19 heavy (non-hydrogen) atoms. The van der Waals surface area contributed by atoms with Crippen molar-refractivity contribution in [2.75, 3.05) is 26.3 Å². The van der Waals surface area contributed by atoms with Gasteiger partial charge in [-0.1, -0.05) is 11.6 Å². The quantitative estimate of drug-likeness (QED) is 0.899. The van der Waals surface area contributed by atoms with Gasteiger partial charge in [-0.05, 0) is 18.2 Å². The van der Waals surface area contributed by atoms with Gasteiger partial charge >= 0.3 is 0 Å². The van der Waals surface area contributed by atoms with Gasteiger partial charge in [-0.2, -0.15) is 4.31 Å². The minimum Gasteiger partial charge on any atom is -0.394 e. The van der Waals surface area contributed by atoms with Crippen LogP contribution in [0, 0.1) is 5.82 Å². The van der Waals surface area contributed by atoms with Crippen molar-refractivity contribution in [3.63, 3.8) is 0 Å². The van der Waals surface area contributed by atoms with Gasteiger partial charge < -0.3 is 9.84 Å². The number of morpholine rings is 1. The summed E-state index contributed by atoms with van der Waals surface area (Å²) in [6.45, 7) is 0.0105. The van der Waals surface area contributed by atoms with Crippen molar-refractivity contribution in [2.45, 2.75) is 11.0 Å². The number of ether oxygens (including phenoxy) is 1. The number of aliphatic hydroxyl groups is 1. The summed E-state index contributed by atoms with van der Waals surface area (Å²) in [4.78, 5) is -0.421. The van der Waals surface area contributed by atoms with Crippen molar-refractivity contribution in [3.8, 4) is 0 Å². The first-order valence-electron chi connectivity index (χ1n) is 5.63. The van der Waals surface area contributed by atoms with E-state index in [2.05, 4.69) is 0 Å². The highest BCUT2D eigenvalue weighted by atomic mass is 35.5. The number of aliphatic hydroxyl groups excluding tert-OH is 1. The van der Waals surface area contributed by atoms with Crippen molar-refractivity contribution >= 4 is 21.6 Å². The van der Waals surface area contributed by atoms with E-state index in [1.54, 1.807) is 0 Å². The smallest absolute Gasteiger partial charge is 0.246 e. The van der Waals surface area contributed by atoms with Crippen LogP contribution in [0.1, 0.15) is 0 Å². The van der Waals surface area contributed by atoms with E-state index in [1.807, 2.05) is 0 Å². The summed E-state index contributed by atoms with van der Waals surface area (Å²) in [5.41, 5.74) is 0. The lowest BCUT2D eigenvalue weighted by atomic mass is 10.3. The Hall–Kier alpha value is -0.730. The lowest BCUT2D eigenvalue weighted by Gasteiger charge is -2.31. The van der Waals surface area contributed by atoms with Crippen molar-refractivity contribution in [1.29, 1.82) is 0 Å². The first kappa shape index (κ1) is 14.7. The fourth-order valence-corrected chi connectivity index (χ4v) is 3.50. The van der Waals surface area contributed by atoms with Gasteiger partial charge in [0, 0.05) is 18.1 Å². The van der Waals surface area contributed by atoms with Crippen molar-refractivity contribution in [2.24, 2.45) is 0 Å². The van der Waals surface area contributed by atoms with Crippen LogP contribution < -0.4 is 0 Å². The fraction of sp³-hybridized carbons (Fsp3) is 0.455. The van der Waals surface area contributed by atoms with E-state index in [1.165, 1.54) is 6.07 Å². The molecule has 8 heteroatoms. The van der Waals surface area contributed by atoms with Gasteiger partial charge in [-0.25, -0.2) is 12.8 Å². The molecule has 1 unspecified atom stereocenters. The second-order valence-electron chi connectivity index (χ2n) is 4.11. The normalized spacial score (nSPS) is 21.5. The van der Waals surface area contributed by atoms with Crippen LogP contribution in [0.25, 0.3) is 0 Å². The predicted octanol–water partition coefficient (Wildman–Crippen LogP) is 0.861. The summed E-state index contributed by atoms with van der Waals surface area (Å²) in [5.74, 6) is -0.889. The number of halogens is 2. The maximum atomic E-state index is 13.7. The monoisotopic (exact) mass is 309 g/mol. The standard InChI is InChI=1S/C11H13ClFNO4S/c12-8-1-2-11(10(13)5-8)19(16,17)14-3-4-18-9(6-14)7-15/h1-2,5,9,15H,3-4,6-7H2. The Morgan fingerprint density at radius 1 is 1.53 bits per heavy atom. The maximum Gasteiger partial charge on any atom is 0.246 e. The molecule has 0 aliphatic carbocycles. The molecule has 106 valence electrons. The Kier molecular flexibility index (Phi) is 4.42. The van der Waals surface area contributed by atoms with Crippen LogP contribution in [0.15, 0.2) is 23.1 Å². The van der Waals surface area contributed by atoms with Gasteiger partial charge in [0.1, 0.15) is 10.7 Å². The molecule has 1 aliphatic heterocycles. The van der Waals surface area contributed by atoms with Crippen LogP contribution in [0.4, 0.5) is 4.39 Å². The minimum absolute atomic E-state index is 0.000893. The highest BCUT2D eigenvalue weighted by molar-refractivity contribution is 7.89. The van der Waals surface area contributed by atoms with Crippen molar-refractivity contribution in [3.05, 3.63) is 29.0 Å². The maximum absolute atomic E-state index is 13.7. The van der Waals surface area contributed by atoms with E-state index in [-0.39, 0.29) is 31.3 Å². The molecule has 0 saturated carbocycles. The van der Waals surface area contributed by atoms with Gasteiger partial charge in [-0.3, -0.25) is 0 Å². The van der Waals surface area contributed by atoms with E-state index in [0.717, 1.165) is 16.4 Å². The van der Waals surface area contributed by atoms with Crippen LogP contribution >= 0.6 is 11.6 Å². The van der Waals surface area contributed by atoms with Gasteiger partial charge in [0.05, 0.1) is 19.3 Å². The van der Waals surface area contributed by atoms with Crippen molar-refractivity contribution < 1.29 is 22.7 Å². The zero-order valence-corrected chi connectivity index (χ0v) is 11.5. The Bertz CT molecular complexity index is 566. The third-order valence-electron chi connectivity index (χ3n) is 2.82. The number of rotatable bonds is 3. The molecule has 1 N–H and O–H groups in total.